The Bertz CT molecular complexity index is 1630. The molecule has 5 rings (SSSR count). The Kier molecular flexibility index (Phi) is 6.40. The van der Waals surface area contributed by atoms with Gasteiger partial charge in [-0.2, -0.15) is 5.26 Å². The van der Waals surface area contributed by atoms with Gasteiger partial charge in [0.2, 0.25) is 0 Å². The average molecular weight is 511 g/mol. The first kappa shape index (κ1) is 24.7. The molecule has 2 heterocycles. The van der Waals surface area contributed by atoms with Crippen molar-refractivity contribution in [3.63, 3.8) is 0 Å². The number of rotatable bonds is 8. The quantitative estimate of drug-likeness (QED) is 0.240. The molecule has 1 saturated carbocycles. The number of hydrogen-bond donors (Lipinski definition) is 3. The number of benzene rings is 2. The molecule has 2 aromatic carbocycles. The van der Waals surface area contributed by atoms with Gasteiger partial charge in [-0.1, -0.05) is 18.2 Å². The first-order valence-corrected chi connectivity index (χ1v) is 12.1. The van der Waals surface area contributed by atoms with E-state index in [1.165, 1.54) is 21.5 Å². The van der Waals surface area contributed by atoms with E-state index in [0.29, 0.717) is 28.4 Å². The fourth-order valence-electron chi connectivity index (χ4n) is 4.14. The number of amides is 1. The molecule has 1 unspecified atom stereocenters. The van der Waals surface area contributed by atoms with E-state index in [1.807, 2.05) is 36.4 Å². The molecule has 11 nitrogen and oxygen atoms in total. The summed E-state index contributed by atoms with van der Waals surface area (Å²) >= 11 is 0. The number of aromatic nitrogens is 4. The molecule has 2 aromatic heterocycles. The highest BCUT2D eigenvalue weighted by Gasteiger charge is 2.37. The first-order valence-electron chi connectivity index (χ1n) is 12.1. The molecule has 192 valence electrons. The summed E-state index contributed by atoms with van der Waals surface area (Å²) in [5.74, 6) is 0.885. The van der Waals surface area contributed by atoms with Crippen LogP contribution in [-0.4, -0.2) is 36.6 Å². The number of para-hydroxylation sites is 1. The molecule has 0 bridgehead atoms. The number of anilines is 1. The van der Waals surface area contributed by atoms with E-state index < -0.39 is 23.2 Å². The van der Waals surface area contributed by atoms with Crippen molar-refractivity contribution < 1.29 is 9.53 Å². The number of nitrogens with two attached hydrogens (primary N) is 2. The fraction of sp³-hybridized carbons (Fsp3) is 0.222. The zero-order valence-electron chi connectivity index (χ0n) is 20.7. The Morgan fingerprint density at radius 1 is 1.18 bits per heavy atom. The zero-order valence-corrected chi connectivity index (χ0v) is 20.7. The summed E-state index contributed by atoms with van der Waals surface area (Å²) in [5, 5.41) is 12.2. The van der Waals surface area contributed by atoms with E-state index in [2.05, 4.69) is 15.3 Å². The lowest BCUT2D eigenvalue weighted by Crippen LogP contribution is -2.39. The topological polar surface area (TPSA) is 167 Å². The number of nitrogen functional groups attached to an aromatic ring is 1. The number of nitriles is 1. The van der Waals surface area contributed by atoms with Gasteiger partial charge >= 0.3 is 5.69 Å². The normalized spacial score (nSPS) is 15.0. The molecular weight excluding hydrogens is 484 g/mol. The van der Waals surface area contributed by atoms with Crippen LogP contribution in [0.5, 0.6) is 11.5 Å². The van der Waals surface area contributed by atoms with Gasteiger partial charge in [-0.15, -0.1) is 0 Å². The maximum Gasteiger partial charge on any atom is 0.335 e. The number of nitrogens with one attached hydrogen (secondary N) is 1. The van der Waals surface area contributed by atoms with Crippen molar-refractivity contribution in [2.75, 3.05) is 5.73 Å². The molecule has 0 aliphatic heterocycles. The number of carbonyl (C=O) groups is 1. The van der Waals surface area contributed by atoms with Crippen molar-refractivity contribution in [3.8, 4) is 23.3 Å². The molecule has 11 heteroatoms. The Balaban J connectivity index is 1.43. The minimum absolute atomic E-state index is 0.0454. The third kappa shape index (κ3) is 4.98. The second-order valence-electron chi connectivity index (χ2n) is 9.35. The highest BCUT2D eigenvalue weighted by molar-refractivity contribution is 5.97. The SMILES string of the molecule is CC(Cn1c(=O)n(-c2ccc(Oc3ccccc3)cc2)c2c(N)ncnc21)NC(=O)C(C#N)=CC1(N)CC1. The average Bonchev–Trinajstić information content (AvgIpc) is 3.58. The van der Waals surface area contributed by atoms with Gasteiger partial charge in [0.15, 0.2) is 11.5 Å². The molecule has 1 fully saturated rings. The molecule has 38 heavy (non-hydrogen) atoms. The van der Waals surface area contributed by atoms with Crippen LogP contribution >= 0.6 is 0 Å². The molecule has 1 aliphatic carbocycles. The minimum atomic E-state index is -0.591. The van der Waals surface area contributed by atoms with Gasteiger partial charge in [0.1, 0.15) is 35.0 Å². The summed E-state index contributed by atoms with van der Waals surface area (Å²) < 4.78 is 8.70. The first-order chi connectivity index (χ1) is 18.3. The minimum Gasteiger partial charge on any atom is -0.457 e. The van der Waals surface area contributed by atoms with Crippen LogP contribution in [0, 0.1) is 11.3 Å². The number of imidazole rings is 1. The summed E-state index contributed by atoms with van der Waals surface area (Å²) in [4.78, 5) is 34.6. The second-order valence-corrected chi connectivity index (χ2v) is 9.35. The molecule has 0 radical (unpaired) electrons. The molecule has 1 amide bonds. The van der Waals surface area contributed by atoms with Crippen molar-refractivity contribution in [2.24, 2.45) is 5.73 Å². The third-order valence-electron chi connectivity index (χ3n) is 6.26. The number of hydrogen-bond acceptors (Lipinski definition) is 8. The molecule has 5 N–H and O–H groups in total. The lowest BCUT2D eigenvalue weighted by Gasteiger charge is -2.14. The summed E-state index contributed by atoms with van der Waals surface area (Å²) in [6.45, 7) is 1.82. The Morgan fingerprint density at radius 2 is 1.87 bits per heavy atom. The van der Waals surface area contributed by atoms with E-state index >= 15 is 0 Å². The molecular formula is C27H26N8O3. The van der Waals surface area contributed by atoms with E-state index in [-0.39, 0.29) is 17.9 Å². The van der Waals surface area contributed by atoms with Gasteiger partial charge in [-0.25, -0.2) is 14.8 Å². The predicted molar refractivity (Wildman–Crippen MR) is 142 cm³/mol. The van der Waals surface area contributed by atoms with Crippen LogP contribution in [0.25, 0.3) is 16.9 Å². The van der Waals surface area contributed by atoms with Crippen LogP contribution in [0.15, 0.2) is 77.4 Å². The van der Waals surface area contributed by atoms with Crippen LogP contribution < -0.4 is 27.2 Å². The largest absolute Gasteiger partial charge is 0.457 e. The highest BCUT2D eigenvalue weighted by atomic mass is 16.5. The molecule has 0 saturated heterocycles. The number of nitrogens with zero attached hydrogens (tertiary/aromatic N) is 5. The van der Waals surface area contributed by atoms with Crippen molar-refractivity contribution in [1.29, 1.82) is 5.26 Å². The highest BCUT2D eigenvalue weighted by Crippen LogP contribution is 2.34. The smallest absolute Gasteiger partial charge is 0.335 e. The molecule has 4 aromatic rings. The summed E-state index contributed by atoms with van der Waals surface area (Å²) in [6.07, 6.45) is 4.25. The third-order valence-corrected chi connectivity index (χ3v) is 6.26. The summed E-state index contributed by atoms with van der Waals surface area (Å²) in [7, 11) is 0. The van der Waals surface area contributed by atoms with E-state index in [1.54, 1.807) is 31.2 Å². The lowest BCUT2D eigenvalue weighted by molar-refractivity contribution is -0.117. The van der Waals surface area contributed by atoms with Gasteiger partial charge in [0, 0.05) is 18.1 Å². The summed E-state index contributed by atoms with van der Waals surface area (Å²) in [5.41, 5.74) is 12.4. The van der Waals surface area contributed by atoms with Crippen molar-refractivity contribution in [2.45, 2.75) is 37.9 Å². The Morgan fingerprint density at radius 3 is 2.53 bits per heavy atom. The van der Waals surface area contributed by atoms with Gasteiger partial charge in [-0.3, -0.25) is 13.9 Å². The van der Waals surface area contributed by atoms with Gasteiger partial charge in [0.25, 0.3) is 5.91 Å². The summed E-state index contributed by atoms with van der Waals surface area (Å²) in [6, 6.07) is 17.7. The maximum absolute atomic E-state index is 13.6. The second kappa shape index (κ2) is 9.84. The fourth-order valence-corrected chi connectivity index (χ4v) is 4.14. The van der Waals surface area contributed by atoms with E-state index in [0.717, 1.165) is 12.8 Å². The molecule has 1 atom stereocenters. The number of ether oxygens (including phenoxy) is 1. The van der Waals surface area contributed by atoms with E-state index in [9.17, 15) is 14.9 Å². The molecule has 1 aliphatic rings. The number of fused-ring (bicyclic) bond motifs is 1. The molecule has 0 spiro atoms. The van der Waals surface area contributed by atoms with Gasteiger partial charge < -0.3 is 21.5 Å². The predicted octanol–water partition coefficient (Wildman–Crippen LogP) is 2.40. The van der Waals surface area contributed by atoms with Crippen LogP contribution in [0.1, 0.15) is 19.8 Å². The lowest BCUT2D eigenvalue weighted by atomic mass is 10.1. The van der Waals surface area contributed by atoms with Gasteiger partial charge in [0.05, 0.1) is 5.69 Å². The van der Waals surface area contributed by atoms with Crippen LogP contribution in [0.2, 0.25) is 0 Å². The van der Waals surface area contributed by atoms with E-state index in [4.69, 9.17) is 16.2 Å². The van der Waals surface area contributed by atoms with Crippen molar-refractivity contribution >= 4 is 22.9 Å². The van der Waals surface area contributed by atoms with Crippen LogP contribution in [-0.2, 0) is 11.3 Å². The standard InChI is InChI=1S/C27H26N8O3/c1-17(33-25(36)18(14-28)13-27(30)11-12-27)15-34-24-22(23(29)31-16-32-24)35(26(34)37)19-7-9-21(10-8-19)38-20-5-3-2-4-6-20/h2-10,13,16-17H,11-12,15,30H2,1H3,(H,33,36)(H2,29,31,32). The van der Waals surface area contributed by atoms with Crippen molar-refractivity contribution in [1.82, 2.24) is 24.4 Å². The number of carbonyl (C=O) groups excluding carboxylic acids is 1. The maximum atomic E-state index is 13.6. The van der Waals surface area contributed by atoms with Gasteiger partial charge in [-0.05, 0) is 62.2 Å². The van der Waals surface area contributed by atoms with Crippen LogP contribution in [0.3, 0.4) is 0 Å². The van der Waals surface area contributed by atoms with Crippen LogP contribution in [0.4, 0.5) is 5.82 Å². The van der Waals surface area contributed by atoms with Crippen molar-refractivity contribution in [3.05, 3.63) is 83.1 Å². The Hall–Kier alpha value is -4.95. The Labute approximate surface area is 218 Å². The zero-order chi connectivity index (χ0) is 26.9. The monoisotopic (exact) mass is 510 g/mol.